The average Bonchev–Trinajstić information content (AvgIpc) is 0.931. The fourth-order valence-electron chi connectivity index (χ4n) is 12.6. The minimum absolute atomic E-state index is 0.982. The van der Waals surface area contributed by atoms with E-state index in [0.717, 1.165) is 135 Å². The van der Waals surface area contributed by atoms with E-state index >= 15 is 0 Å². The van der Waals surface area contributed by atoms with Gasteiger partial charge >= 0.3 is 0 Å². The molecule has 0 aromatic heterocycles. The van der Waals surface area contributed by atoms with Gasteiger partial charge in [-0.15, -0.1) is 0 Å². The molecule has 0 radical (unpaired) electrons. The van der Waals surface area contributed by atoms with Gasteiger partial charge in [0, 0.05) is 68.0 Å². The first-order valence-corrected chi connectivity index (χ1v) is 31.9. The van der Waals surface area contributed by atoms with Crippen LogP contribution in [0.4, 0.5) is 68.2 Å². The van der Waals surface area contributed by atoms with Crippen molar-refractivity contribution in [3.8, 4) is 55.6 Å². The van der Waals surface area contributed by atoms with Crippen LogP contribution in [-0.4, -0.2) is 0 Å². The largest absolute Gasteiger partial charge is 0.311 e. The Balaban J connectivity index is 1.05. The summed E-state index contributed by atoms with van der Waals surface area (Å²) in [6.45, 7) is 8.22. The van der Waals surface area contributed by atoms with Crippen LogP contribution in [0.5, 0.6) is 0 Å². The van der Waals surface area contributed by atoms with E-state index in [1.807, 2.05) is 18.2 Å². The van der Waals surface area contributed by atoms with Crippen molar-refractivity contribution in [1.29, 1.82) is 0 Å². The number of hydrogen-bond donors (Lipinski definition) is 0. The Morgan fingerprint density at radius 2 is 0.426 bits per heavy atom. The van der Waals surface area contributed by atoms with Crippen LogP contribution in [0.25, 0.3) is 61.2 Å². The minimum atomic E-state index is 0.982. The predicted octanol–water partition coefficient (Wildman–Crippen LogP) is 25.7. The Kier molecular flexibility index (Phi) is 17.4. The molecule has 0 amide bonds. The molecule has 94 heavy (non-hydrogen) atoms. The van der Waals surface area contributed by atoms with Crippen LogP contribution in [0, 0.1) is 0 Å². The first-order chi connectivity index (χ1) is 46.5. The van der Waals surface area contributed by atoms with Crippen molar-refractivity contribution in [3.05, 3.63) is 407 Å². The summed E-state index contributed by atoms with van der Waals surface area (Å²) < 4.78 is 0. The van der Waals surface area contributed by atoms with E-state index in [1.165, 1.54) is 0 Å². The maximum absolute atomic E-state index is 4.19. The van der Waals surface area contributed by atoms with Crippen molar-refractivity contribution in [2.45, 2.75) is 0 Å². The van der Waals surface area contributed by atoms with Gasteiger partial charge in [0.1, 0.15) is 0 Å². The molecule has 0 heterocycles. The molecular weight excluding hydrogens is 1140 g/mol. The third-order valence-electron chi connectivity index (χ3n) is 17.2. The van der Waals surface area contributed by atoms with Crippen molar-refractivity contribution in [1.82, 2.24) is 0 Å². The second-order valence-electron chi connectivity index (χ2n) is 23.0. The van der Waals surface area contributed by atoms with E-state index in [2.05, 4.69) is 403 Å². The van der Waals surface area contributed by atoms with E-state index in [0.29, 0.717) is 0 Å². The van der Waals surface area contributed by atoms with Crippen LogP contribution in [0.2, 0.25) is 0 Å². The zero-order valence-electron chi connectivity index (χ0n) is 52.2. The van der Waals surface area contributed by atoms with Crippen LogP contribution in [0.3, 0.4) is 0 Å². The van der Waals surface area contributed by atoms with Crippen LogP contribution < -0.4 is 19.6 Å². The highest BCUT2D eigenvalue weighted by Gasteiger charge is 2.27. The summed E-state index contributed by atoms with van der Waals surface area (Å²) >= 11 is 0. The number of benzene rings is 14. The number of hydrogen-bond acceptors (Lipinski definition) is 4. The van der Waals surface area contributed by atoms with Gasteiger partial charge in [-0.25, -0.2) is 0 Å². The monoisotopic (exact) mass is 1200 g/mol. The van der Waals surface area contributed by atoms with Gasteiger partial charge in [0.05, 0.1) is 11.4 Å². The lowest BCUT2D eigenvalue weighted by Gasteiger charge is -2.33. The number of rotatable bonds is 20. The highest BCUT2D eigenvalue weighted by molar-refractivity contribution is 6.00. The van der Waals surface area contributed by atoms with Crippen LogP contribution in [0.1, 0.15) is 5.56 Å². The zero-order chi connectivity index (χ0) is 63.4. The van der Waals surface area contributed by atoms with Crippen molar-refractivity contribution < 1.29 is 0 Å². The summed E-state index contributed by atoms with van der Waals surface area (Å²) in [5, 5.41) is 0. The number of para-hydroxylation sites is 4. The molecule has 0 saturated heterocycles. The fraction of sp³-hybridized carbons (Fsp3) is 0. The smallest absolute Gasteiger partial charge is 0.0547 e. The Morgan fingerprint density at radius 3 is 0.681 bits per heavy atom. The van der Waals surface area contributed by atoms with Gasteiger partial charge in [0.15, 0.2) is 0 Å². The first-order valence-electron chi connectivity index (χ1n) is 31.9. The topological polar surface area (TPSA) is 13.0 Å². The van der Waals surface area contributed by atoms with Gasteiger partial charge in [0.25, 0.3) is 0 Å². The molecule has 14 aromatic rings. The minimum Gasteiger partial charge on any atom is -0.311 e. The molecule has 0 aliphatic heterocycles. The molecule has 0 fully saturated rings. The molecule has 0 aliphatic rings. The third-order valence-corrected chi connectivity index (χ3v) is 17.2. The fourth-order valence-corrected chi connectivity index (χ4v) is 12.6. The van der Waals surface area contributed by atoms with Crippen LogP contribution >= 0.6 is 0 Å². The molecule has 4 heteroatoms. The van der Waals surface area contributed by atoms with E-state index in [1.54, 1.807) is 0 Å². The van der Waals surface area contributed by atoms with E-state index in [4.69, 9.17) is 0 Å². The molecule has 448 valence electrons. The summed E-state index contributed by atoms with van der Waals surface area (Å²) in [5.74, 6) is 0. The maximum Gasteiger partial charge on any atom is 0.0547 e. The van der Waals surface area contributed by atoms with Gasteiger partial charge in [-0.05, 0) is 189 Å². The van der Waals surface area contributed by atoms with Crippen LogP contribution in [0.15, 0.2) is 401 Å². The summed E-state index contributed by atoms with van der Waals surface area (Å²) in [4.78, 5) is 9.51. The molecule has 0 bridgehead atoms. The number of anilines is 12. The molecule has 0 spiro atoms. The maximum atomic E-state index is 4.19. The Morgan fingerprint density at radius 1 is 0.213 bits per heavy atom. The van der Waals surface area contributed by atoms with E-state index in [9.17, 15) is 0 Å². The molecule has 14 aromatic carbocycles. The lowest BCUT2D eigenvalue weighted by atomic mass is 9.93. The summed E-state index contributed by atoms with van der Waals surface area (Å²) in [7, 11) is 0. The molecule has 0 aliphatic carbocycles. The first kappa shape index (κ1) is 59.1. The van der Waals surface area contributed by atoms with E-state index < -0.39 is 0 Å². The van der Waals surface area contributed by atoms with Crippen LogP contribution in [-0.2, 0) is 0 Å². The molecule has 0 N–H and O–H groups in total. The molecule has 0 unspecified atom stereocenters. The molecular formula is C90H68N4. The van der Waals surface area contributed by atoms with Gasteiger partial charge in [0.2, 0.25) is 0 Å². The lowest BCUT2D eigenvalue weighted by Crippen LogP contribution is -2.15. The summed E-state index contributed by atoms with van der Waals surface area (Å²) in [6, 6.07) is 133. The van der Waals surface area contributed by atoms with Gasteiger partial charge < -0.3 is 19.6 Å². The van der Waals surface area contributed by atoms with Gasteiger partial charge in [-0.3, -0.25) is 0 Å². The highest BCUT2D eigenvalue weighted by Crippen LogP contribution is 2.51. The predicted molar refractivity (Wildman–Crippen MR) is 401 cm³/mol. The lowest BCUT2D eigenvalue weighted by molar-refractivity contribution is 1.25. The summed E-state index contributed by atoms with van der Waals surface area (Å²) in [5.41, 5.74) is 25.3. The molecule has 4 nitrogen and oxygen atoms in total. The SMILES string of the molecule is C=C/C=C(\C=C)c1ccc(N(c2ccc(-c3ccccc3)cc2)c2cc(-c3ccc(N(c4ccccc4)c4ccccc4)cc3)c(N(c3ccc(-c4ccccc4)cc3)c3ccc(-c4ccccc4)cc3)cc2-c2ccc(N(c3ccccc3)c3ccccc3)cc2)cc1. The van der Waals surface area contributed by atoms with Crippen molar-refractivity contribution >= 4 is 73.8 Å². The van der Waals surface area contributed by atoms with Crippen molar-refractivity contribution in [2.24, 2.45) is 0 Å². The normalized spacial score (nSPS) is 11.1. The summed E-state index contributed by atoms with van der Waals surface area (Å²) in [6.07, 6.45) is 5.71. The second kappa shape index (κ2) is 27.7. The Bertz CT molecular complexity index is 4670. The Labute approximate surface area is 552 Å². The number of allylic oxidation sites excluding steroid dienone is 4. The van der Waals surface area contributed by atoms with Crippen molar-refractivity contribution in [3.63, 3.8) is 0 Å². The molecule has 0 atom stereocenters. The van der Waals surface area contributed by atoms with E-state index in [-0.39, 0.29) is 0 Å². The van der Waals surface area contributed by atoms with Gasteiger partial charge in [-0.1, -0.05) is 268 Å². The quantitative estimate of drug-likeness (QED) is 0.0705. The molecule has 0 saturated carbocycles. The molecule has 14 rings (SSSR count). The number of nitrogens with zero attached hydrogens (tertiary/aromatic N) is 4. The second-order valence-corrected chi connectivity index (χ2v) is 23.0. The third kappa shape index (κ3) is 12.7. The Hall–Kier alpha value is -12.5. The zero-order valence-corrected chi connectivity index (χ0v) is 52.2. The van der Waals surface area contributed by atoms with Gasteiger partial charge in [-0.2, -0.15) is 0 Å². The highest BCUT2D eigenvalue weighted by atomic mass is 15.2. The van der Waals surface area contributed by atoms with Crippen molar-refractivity contribution in [2.75, 3.05) is 19.6 Å². The standard InChI is InChI=1S/C90H68N4/c1-3-26-67(4-2)71-41-53-83(54-42-71)93(84-55-43-72(44-56-84)68-27-12-5-13-28-68)89-65-88(76-51-63-82(64-52-76)92(79-37-22-10-23-38-79)80-39-24-11-25-40-80)90(66-87(89)75-49-61-81(62-50-75)91(77-33-18-8-19-34-77)78-35-20-9-21-36-78)94(85-57-45-73(46-58-85)69-29-14-6-15-30-69)86-59-47-74(48-60-86)70-31-16-7-17-32-70/h3-66H,1-2H2/b67-26+. The average molecular weight is 1210 g/mol.